The Morgan fingerprint density at radius 1 is 1.31 bits per heavy atom. The van der Waals surface area contributed by atoms with Crippen molar-refractivity contribution < 1.29 is 9.18 Å². The number of nitrogens with one attached hydrogen (secondary N) is 1. The van der Waals surface area contributed by atoms with Crippen molar-refractivity contribution >= 4 is 33.0 Å². The molecule has 29 heavy (non-hydrogen) atoms. The number of fused-ring (bicyclic) bond motifs is 1. The molecule has 1 amide bonds. The zero-order chi connectivity index (χ0) is 20.1. The maximum atomic E-state index is 14.4. The van der Waals surface area contributed by atoms with Crippen molar-refractivity contribution in [3.63, 3.8) is 0 Å². The van der Waals surface area contributed by atoms with Gasteiger partial charge in [-0.05, 0) is 64.7 Å². The van der Waals surface area contributed by atoms with E-state index < -0.39 is 11.7 Å². The second-order valence-electron chi connectivity index (χ2n) is 7.02. The van der Waals surface area contributed by atoms with Crippen molar-refractivity contribution in [2.45, 2.75) is 25.7 Å². The van der Waals surface area contributed by atoms with Gasteiger partial charge in [-0.2, -0.15) is 5.10 Å². The molecule has 10 heteroatoms. The van der Waals surface area contributed by atoms with Gasteiger partial charge >= 0.3 is 0 Å². The monoisotopic (exact) mass is 455 g/mol. The summed E-state index contributed by atoms with van der Waals surface area (Å²) < 4.78 is 16.2. The van der Waals surface area contributed by atoms with Crippen molar-refractivity contribution in [1.29, 1.82) is 0 Å². The van der Waals surface area contributed by atoms with Gasteiger partial charge in [0.05, 0.1) is 17.4 Å². The average Bonchev–Trinajstić information content (AvgIpc) is 3.25. The first-order chi connectivity index (χ1) is 14.0. The van der Waals surface area contributed by atoms with Gasteiger partial charge < -0.3 is 5.32 Å². The van der Waals surface area contributed by atoms with E-state index in [1.165, 1.54) is 21.6 Å². The second-order valence-corrected chi connectivity index (χ2v) is 7.94. The first-order valence-electron chi connectivity index (χ1n) is 9.04. The summed E-state index contributed by atoms with van der Waals surface area (Å²) in [7, 11) is 0. The van der Waals surface area contributed by atoms with E-state index in [0.29, 0.717) is 21.8 Å². The molecule has 1 fully saturated rings. The van der Waals surface area contributed by atoms with Crippen LogP contribution in [0.3, 0.4) is 0 Å². The normalized spacial score (nSPS) is 13.8. The molecular formula is C19H15BrFN7O. The molecule has 3 heterocycles. The average molecular weight is 456 g/mol. The number of carbonyl (C=O) groups is 1. The Bertz CT molecular complexity index is 1260. The molecule has 0 aliphatic heterocycles. The van der Waals surface area contributed by atoms with Gasteiger partial charge in [0.2, 0.25) is 0 Å². The summed E-state index contributed by atoms with van der Waals surface area (Å²) in [5.41, 5.74) is 2.38. The molecule has 0 atom stereocenters. The van der Waals surface area contributed by atoms with Crippen LogP contribution in [-0.2, 0) is 0 Å². The molecule has 0 saturated heterocycles. The third-order valence-electron chi connectivity index (χ3n) is 4.85. The zero-order valence-corrected chi connectivity index (χ0v) is 16.9. The van der Waals surface area contributed by atoms with Gasteiger partial charge in [0.1, 0.15) is 5.52 Å². The van der Waals surface area contributed by atoms with E-state index in [4.69, 9.17) is 0 Å². The van der Waals surface area contributed by atoms with Crippen LogP contribution in [0.15, 0.2) is 41.1 Å². The molecule has 4 aromatic rings. The summed E-state index contributed by atoms with van der Waals surface area (Å²) in [6.45, 7) is 1.87. The van der Waals surface area contributed by atoms with Crippen LogP contribution in [0.4, 0.5) is 10.1 Å². The number of aromatic nitrogens is 6. The smallest absolute Gasteiger partial charge is 0.259 e. The fraction of sp³-hybridized carbons (Fsp3) is 0.211. The SMILES string of the molecule is Cc1ccc(-n2nnc(C3CC3)n2)cc1NC(=O)c1cnn2cc(Br)cc(F)c12. The third-order valence-corrected chi connectivity index (χ3v) is 5.28. The number of hydrogen-bond donors (Lipinski definition) is 1. The zero-order valence-electron chi connectivity index (χ0n) is 15.3. The number of tetrazole rings is 1. The number of aryl methyl sites for hydroxylation is 1. The lowest BCUT2D eigenvalue weighted by Crippen LogP contribution is -2.13. The van der Waals surface area contributed by atoms with E-state index in [2.05, 4.69) is 41.8 Å². The molecule has 5 rings (SSSR count). The number of amides is 1. The number of carbonyl (C=O) groups excluding carboxylic acids is 1. The fourth-order valence-electron chi connectivity index (χ4n) is 3.11. The molecule has 1 aliphatic rings. The van der Waals surface area contributed by atoms with Crippen molar-refractivity contribution in [3.8, 4) is 5.69 Å². The maximum absolute atomic E-state index is 14.4. The molecule has 0 spiro atoms. The quantitative estimate of drug-likeness (QED) is 0.507. The lowest BCUT2D eigenvalue weighted by Gasteiger charge is -2.10. The first kappa shape index (κ1) is 17.9. The minimum Gasteiger partial charge on any atom is -0.322 e. The van der Waals surface area contributed by atoms with Crippen LogP contribution >= 0.6 is 15.9 Å². The highest BCUT2D eigenvalue weighted by atomic mass is 79.9. The van der Waals surface area contributed by atoms with Gasteiger partial charge in [-0.15, -0.1) is 15.0 Å². The molecule has 8 nitrogen and oxygen atoms in total. The first-order valence-corrected chi connectivity index (χ1v) is 9.83. The Balaban J connectivity index is 1.46. The fourth-order valence-corrected chi connectivity index (χ4v) is 3.50. The summed E-state index contributed by atoms with van der Waals surface area (Å²) in [6.07, 6.45) is 5.12. The Morgan fingerprint density at radius 3 is 2.93 bits per heavy atom. The molecule has 0 radical (unpaired) electrons. The van der Waals surface area contributed by atoms with Crippen LogP contribution in [0, 0.1) is 12.7 Å². The minimum absolute atomic E-state index is 0.117. The molecule has 1 N–H and O–H groups in total. The van der Waals surface area contributed by atoms with E-state index in [9.17, 15) is 9.18 Å². The van der Waals surface area contributed by atoms with Crippen molar-refractivity contribution in [3.05, 3.63) is 63.9 Å². The van der Waals surface area contributed by atoms with Gasteiger partial charge in [-0.3, -0.25) is 4.79 Å². The van der Waals surface area contributed by atoms with Crippen LogP contribution in [0.2, 0.25) is 0 Å². The van der Waals surface area contributed by atoms with Gasteiger partial charge in [-0.25, -0.2) is 8.91 Å². The number of rotatable bonds is 4. The summed E-state index contributed by atoms with van der Waals surface area (Å²) in [4.78, 5) is 14.3. The van der Waals surface area contributed by atoms with Crippen LogP contribution in [0.5, 0.6) is 0 Å². The summed E-state index contributed by atoms with van der Waals surface area (Å²) in [5, 5.41) is 19.5. The third kappa shape index (κ3) is 3.29. The van der Waals surface area contributed by atoms with Crippen LogP contribution in [-0.4, -0.2) is 35.7 Å². The standard InChI is InChI=1S/C19H15BrFN7O/c1-10-2-5-13(28-25-18(24-26-28)11-3-4-11)7-16(10)23-19(29)14-8-22-27-9-12(20)6-15(21)17(14)27/h2,5-9,11H,3-4H2,1H3,(H,23,29). The number of nitrogens with zero attached hydrogens (tertiary/aromatic N) is 6. The highest BCUT2D eigenvalue weighted by Crippen LogP contribution is 2.37. The molecule has 0 bridgehead atoms. The Labute approximate surface area is 172 Å². The molecule has 146 valence electrons. The Kier molecular flexibility index (Phi) is 4.16. The predicted octanol–water partition coefficient (Wildman–Crippen LogP) is 3.65. The summed E-state index contributed by atoms with van der Waals surface area (Å²) in [5.74, 6) is 0.154. The number of hydrogen-bond acceptors (Lipinski definition) is 5. The van der Waals surface area contributed by atoms with E-state index >= 15 is 0 Å². The molecular weight excluding hydrogens is 441 g/mol. The van der Waals surface area contributed by atoms with Crippen LogP contribution in [0.1, 0.15) is 40.5 Å². The van der Waals surface area contributed by atoms with Gasteiger partial charge in [-0.1, -0.05) is 6.07 Å². The predicted molar refractivity (Wildman–Crippen MR) is 107 cm³/mol. The lowest BCUT2D eigenvalue weighted by atomic mass is 10.1. The van der Waals surface area contributed by atoms with E-state index in [1.807, 2.05) is 19.1 Å². The largest absolute Gasteiger partial charge is 0.322 e. The number of anilines is 1. The topological polar surface area (TPSA) is 90.0 Å². The van der Waals surface area contributed by atoms with E-state index in [-0.39, 0.29) is 11.1 Å². The van der Waals surface area contributed by atoms with Gasteiger partial charge in [0.15, 0.2) is 11.6 Å². The maximum Gasteiger partial charge on any atom is 0.259 e. The highest BCUT2D eigenvalue weighted by Gasteiger charge is 2.28. The van der Waals surface area contributed by atoms with Crippen LogP contribution in [0.25, 0.3) is 11.2 Å². The highest BCUT2D eigenvalue weighted by molar-refractivity contribution is 9.10. The number of halogens is 2. The van der Waals surface area contributed by atoms with Crippen molar-refractivity contribution in [2.75, 3.05) is 5.32 Å². The lowest BCUT2D eigenvalue weighted by molar-refractivity contribution is 0.102. The second kappa shape index (κ2) is 6.73. The Hall–Kier alpha value is -3.14. The van der Waals surface area contributed by atoms with E-state index in [1.54, 1.807) is 12.3 Å². The molecule has 1 saturated carbocycles. The van der Waals surface area contributed by atoms with Crippen molar-refractivity contribution in [1.82, 2.24) is 29.8 Å². The van der Waals surface area contributed by atoms with Gasteiger partial charge in [0.25, 0.3) is 5.91 Å². The van der Waals surface area contributed by atoms with Crippen molar-refractivity contribution in [2.24, 2.45) is 0 Å². The number of pyridine rings is 1. The molecule has 0 unspecified atom stereocenters. The Morgan fingerprint density at radius 2 is 2.14 bits per heavy atom. The molecule has 3 aromatic heterocycles. The van der Waals surface area contributed by atoms with Gasteiger partial charge in [0, 0.05) is 22.3 Å². The number of benzene rings is 1. The van der Waals surface area contributed by atoms with Crippen LogP contribution < -0.4 is 5.32 Å². The summed E-state index contributed by atoms with van der Waals surface area (Å²) in [6, 6.07) is 6.78. The summed E-state index contributed by atoms with van der Waals surface area (Å²) >= 11 is 3.22. The van der Waals surface area contributed by atoms with E-state index in [0.717, 1.165) is 24.2 Å². The molecule has 1 aromatic carbocycles. The minimum atomic E-state index is -0.535. The molecule has 1 aliphatic carbocycles.